The van der Waals surface area contributed by atoms with Gasteiger partial charge in [-0.3, -0.25) is 25.0 Å². The van der Waals surface area contributed by atoms with Gasteiger partial charge in [0.05, 0.1) is 40.5 Å². The first-order valence-corrected chi connectivity index (χ1v) is 13.1. The van der Waals surface area contributed by atoms with Crippen LogP contribution in [0.5, 0.6) is 5.75 Å². The number of likely N-dealkylation sites (tertiary alicyclic amines) is 1. The SMILES string of the molecule is Fc1cc(OCCN2CCCC2)cc(-c2cncc3[nH]c(-c4n[nH]c5cnc(-c6ccccn6)cc45)cc23)c1. The molecule has 1 aliphatic heterocycles. The minimum atomic E-state index is -0.343. The molecule has 2 N–H and O–H groups in total. The molecule has 0 amide bonds. The van der Waals surface area contributed by atoms with Crippen LogP contribution in [0.25, 0.3) is 55.7 Å². The van der Waals surface area contributed by atoms with Crippen molar-refractivity contribution in [3.8, 4) is 39.7 Å². The first kappa shape index (κ1) is 23.5. The first-order chi connectivity index (χ1) is 19.2. The summed E-state index contributed by atoms with van der Waals surface area (Å²) < 4.78 is 20.6. The quantitative estimate of drug-likeness (QED) is 0.275. The van der Waals surface area contributed by atoms with Gasteiger partial charge >= 0.3 is 0 Å². The summed E-state index contributed by atoms with van der Waals surface area (Å²) in [5, 5.41) is 9.49. The number of aromatic amines is 2. The third-order valence-electron chi connectivity index (χ3n) is 7.23. The Hall–Kier alpha value is -4.63. The summed E-state index contributed by atoms with van der Waals surface area (Å²) in [6.07, 6.45) is 9.51. The van der Waals surface area contributed by atoms with Crippen LogP contribution in [0.1, 0.15) is 12.8 Å². The van der Waals surface area contributed by atoms with E-state index >= 15 is 0 Å². The number of nitrogens with one attached hydrogen (secondary N) is 2. The zero-order valence-electron chi connectivity index (χ0n) is 21.2. The lowest BCUT2D eigenvalue weighted by Gasteiger charge is -2.15. The molecule has 1 aromatic carbocycles. The third kappa shape index (κ3) is 4.61. The lowest BCUT2D eigenvalue weighted by Crippen LogP contribution is -2.25. The van der Waals surface area contributed by atoms with Crippen molar-refractivity contribution >= 4 is 21.8 Å². The molecule has 1 aliphatic rings. The van der Waals surface area contributed by atoms with Crippen LogP contribution in [0, 0.1) is 5.82 Å². The highest BCUT2D eigenvalue weighted by molar-refractivity contribution is 6.01. The molecule has 5 aromatic heterocycles. The maximum Gasteiger partial charge on any atom is 0.127 e. The predicted molar refractivity (Wildman–Crippen MR) is 149 cm³/mol. The Labute approximate surface area is 223 Å². The maximum absolute atomic E-state index is 14.7. The standard InChI is InChI=1S/C30H26FN7O/c31-20-11-19(12-21(13-20)39-10-9-38-7-3-4-8-38)24-16-32-17-28-22(24)14-27(35-28)30-23-15-26(25-5-1-2-6-33-25)34-18-29(23)36-37-30/h1-2,5-6,11-18,35H,3-4,7-10H2,(H,36,37). The van der Waals surface area contributed by atoms with Gasteiger partial charge in [0.15, 0.2) is 0 Å². The summed E-state index contributed by atoms with van der Waals surface area (Å²) in [6, 6.07) is 14.6. The van der Waals surface area contributed by atoms with Gasteiger partial charge in [-0.2, -0.15) is 5.10 Å². The second-order valence-corrected chi connectivity index (χ2v) is 9.81. The van der Waals surface area contributed by atoms with Gasteiger partial charge in [-0.1, -0.05) is 6.07 Å². The van der Waals surface area contributed by atoms with Crippen molar-refractivity contribution in [2.75, 3.05) is 26.2 Å². The average molecular weight is 520 g/mol. The lowest BCUT2D eigenvalue weighted by molar-refractivity contribution is 0.237. The molecular formula is C30H26FN7O. The number of fused-ring (bicyclic) bond motifs is 2. The number of ether oxygens (including phenoxy) is 1. The highest BCUT2D eigenvalue weighted by Crippen LogP contribution is 2.35. The molecule has 0 spiro atoms. The number of rotatable bonds is 7. The van der Waals surface area contributed by atoms with E-state index in [1.165, 1.54) is 25.0 Å². The van der Waals surface area contributed by atoms with E-state index < -0.39 is 0 Å². The molecule has 1 fully saturated rings. The van der Waals surface area contributed by atoms with Crippen LogP contribution in [0.2, 0.25) is 0 Å². The molecule has 0 unspecified atom stereocenters. The first-order valence-electron chi connectivity index (χ1n) is 13.1. The largest absolute Gasteiger partial charge is 0.492 e. The van der Waals surface area contributed by atoms with E-state index in [9.17, 15) is 4.39 Å². The molecule has 39 heavy (non-hydrogen) atoms. The number of H-pyrrole nitrogens is 2. The van der Waals surface area contributed by atoms with E-state index in [0.29, 0.717) is 17.9 Å². The molecule has 9 heteroatoms. The van der Waals surface area contributed by atoms with Crippen molar-refractivity contribution in [1.82, 2.24) is 35.0 Å². The Balaban J connectivity index is 1.23. The Kier molecular flexibility index (Phi) is 5.97. The van der Waals surface area contributed by atoms with Crippen molar-refractivity contribution in [3.63, 3.8) is 0 Å². The molecular weight excluding hydrogens is 493 g/mol. The maximum atomic E-state index is 14.7. The Bertz CT molecular complexity index is 1770. The molecule has 194 valence electrons. The Morgan fingerprint density at radius 1 is 0.897 bits per heavy atom. The second-order valence-electron chi connectivity index (χ2n) is 9.81. The number of benzene rings is 1. The van der Waals surface area contributed by atoms with Gasteiger partial charge in [-0.25, -0.2) is 4.39 Å². The molecule has 0 bridgehead atoms. The van der Waals surface area contributed by atoms with Crippen LogP contribution in [0.4, 0.5) is 4.39 Å². The van der Waals surface area contributed by atoms with Crippen LogP contribution in [-0.2, 0) is 0 Å². The molecule has 6 heterocycles. The number of aromatic nitrogens is 6. The van der Waals surface area contributed by atoms with Crippen LogP contribution in [-0.4, -0.2) is 61.3 Å². The van der Waals surface area contributed by atoms with Gasteiger partial charge in [-0.05, 0) is 67.9 Å². The second kappa shape index (κ2) is 9.92. The fourth-order valence-electron chi connectivity index (χ4n) is 5.29. The van der Waals surface area contributed by atoms with E-state index in [-0.39, 0.29) is 5.82 Å². The van der Waals surface area contributed by atoms with Crippen molar-refractivity contribution in [1.29, 1.82) is 0 Å². The van der Waals surface area contributed by atoms with Gasteiger partial charge < -0.3 is 9.72 Å². The van der Waals surface area contributed by atoms with E-state index in [2.05, 4.69) is 35.0 Å². The summed E-state index contributed by atoms with van der Waals surface area (Å²) in [6.45, 7) is 3.58. The Morgan fingerprint density at radius 3 is 2.69 bits per heavy atom. The Morgan fingerprint density at radius 2 is 1.82 bits per heavy atom. The normalized spacial score (nSPS) is 14.0. The minimum absolute atomic E-state index is 0.343. The molecule has 6 aromatic rings. The summed E-state index contributed by atoms with van der Waals surface area (Å²) >= 11 is 0. The van der Waals surface area contributed by atoms with Crippen LogP contribution < -0.4 is 4.74 Å². The monoisotopic (exact) mass is 519 g/mol. The number of hydrogen-bond acceptors (Lipinski definition) is 6. The van der Waals surface area contributed by atoms with E-state index in [1.54, 1.807) is 24.8 Å². The molecule has 8 nitrogen and oxygen atoms in total. The summed E-state index contributed by atoms with van der Waals surface area (Å²) in [5.74, 6) is 0.175. The van der Waals surface area contributed by atoms with Gasteiger partial charge in [-0.15, -0.1) is 0 Å². The van der Waals surface area contributed by atoms with Crippen molar-refractivity contribution in [3.05, 3.63) is 79.1 Å². The topological polar surface area (TPSA) is 95.6 Å². The van der Waals surface area contributed by atoms with Crippen LogP contribution >= 0.6 is 0 Å². The van der Waals surface area contributed by atoms with E-state index in [0.717, 1.165) is 69.8 Å². The van der Waals surface area contributed by atoms with E-state index in [1.807, 2.05) is 36.4 Å². The third-order valence-corrected chi connectivity index (χ3v) is 7.23. The minimum Gasteiger partial charge on any atom is -0.492 e. The van der Waals surface area contributed by atoms with Gasteiger partial charge in [0.25, 0.3) is 0 Å². The van der Waals surface area contributed by atoms with Crippen molar-refractivity contribution < 1.29 is 9.13 Å². The highest BCUT2D eigenvalue weighted by atomic mass is 19.1. The number of hydrogen-bond donors (Lipinski definition) is 2. The molecule has 0 aliphatic carbocycles. The number of pyridine rings is 3. The average Bonchev–Trinajstić information content (AvgIpc) is 3.72. The zero-order valence-corrected chi connectivity index (χ0v) is 21.2. The van der Waals surface area contributed by atoms with Gasteiger partial charge in [0.2, 0.25) is 0 Å². The predicted octanol–water partition coefficient (Wildman–Crippen LogP) is 5.84. The molecule has 0 radical (unpaired) electrons. The molecule has 1 saturated heterocycles. The summed E-state index contributed by atoms with van der Waals surface area (Å²) in [4.78, 5) is 19.2. The van der Waals surface area contributed by atoms with Crippen molar-refractivity contribution in [2.45, 2.75) is 12.8 Å². The lowest BCUT2D eigenvalue weighted by atomic mass is 10.0. The molecule has 0 saturated carbocycles. The van der Waals surface area contributed by atoms with E-state index in [4.69, 9.17) is 4.74 Å². The molecule has 0 atom stereocenters. The van der Waals surface area contributed by atoms with Crippen LogP contribution in [0.3, 0.4) is 0 Å². The van der Waals surface area contributed by atoms with Gasteiger partial charge in [0.1, 0.15) is 23.9 Å². The van der Waals surface area contributed by atoms with Crippen LogP contribution in [0.15, 0.2) is 73.3 Å². The summed E-state index contributed by atoms with van der Waals surface area (Å²) in [5.41, 5.74) is 6.32. The zero-order chi connectivity index (χ0) is 26.2. The number of halogens is 1. The fourth-order valence-corrected chi connectivity index (χ4v) is 5.29. The smallest absolute Gasteiger partial charge is 0.127 e. The fraction of sp³-hybridized carbons (Fsp3) is 0.200. The molecule has 7 rings (SSSR count). The summed E-state index contributed by atoms with van der Waals surface area (Å²) in [7, 11) is 0. The van der Waals surface area contributed by atoms with Gasteiger partial charge in [0, 0.05) is 41.3 Å². The van der Waals surface area contributed by atoms with Crippen molar-refractivity contribution in [2.24, 2.45) is 0 Å². The highest BCUT2D eigenvalue weighted by Gasteiger charge is 2.17. The number of nitrogens with zero attached hydrogens (tertiary/aromatic N) is 5.